The normalized spacial score (nSPS) is 11.8. The van der Waals surface area contributed by atoms with Crippen LogP contribution >= 0.6 is 11.3 Å². The molecule has 53 heavy (non-hydrogen) atoms. The Morgan fingerprint density at radius 3 is 1.83 bits per heavy atom. The zero-order valence-electron chi connectivity index (χ0n) is 28.7. The van der Waals surface area contributed by atoms with Gasteiger partial charge in [-0.05, 0) is 104 Å². The van der Waals surface area contributed by atoms with Crippen LogP contribution in [0.25, 0.3) is 85.9 Å². The number of anilines is 3. The van der Waals surface area contributed by atoms with Gasteiger partial charge >= 0.3 is 0 Å². The molecule has 2 heterocycles. The maximum absolute atomic E-state index is 6.58. The van der Waals surface area contributed by atoms with Gasteiger partial charge in [0.05, 0.1) is 11.1 Å². The minimum Gasteiger partial charge on any atom is -0.456 e. The van der Waals surface area contributed by atoms with Gasteiger partial charge in [0.2, 0.25) is 0 Å². The van der Waals surface area contributed by atoms with Crippen molar-refractivity contribution in [3.63, 3.8) is 0 Å². The Kier molecular flexibility index (Phi) is 6.76. The Hall–Kier alpha value is -6.68. The number of hydrogen-bond donors (Lipinski definition) is 0. The average Bonchev–Trinajstić information content (AvgIpc) is 3.78. The molecule has 0 aliphatic heterocycles. The summed E-state index contributed by atoms with van der Waals surface area (Å²) in [6.45, 7) is 0. The smallest absolute Gasteiger partial charge is 0.137 e. The summed E-state index contributed by atoms with van der Waals surface area (Å²) in [7, 11) is 0. The number of fused-ring (bicyclic) bond motifs is 8. The van der Waals surface area contributed by atoms with E-state index in [9.17, 15) is 0 Å². The fourth-order valence-corrected chi connectivity index (χ4v) is 9.28. The molecular formula is C50H31NOS. The van der Waals surface area contributed by atoms with Crippen molar-refractivity contribution in [1.29, 1.82) is 0 Å². The van der Waals surface area contributed by atoms with Crippen LogP contribution in [-0.4, -0.2) is 0 Å². The van der Waals surface area contributed by atoms with Gasteiger partial charge in [-0.1, -0.05) is 127 Å². The van der Waals surface area contributed by atoms with Gasteiger partial charge in [-0.3, -0.25) is 0 Å². The molecule has 0 saturated carbocycles. The quantitative estimate of drug-likeness (QED) is 0.178. The molecule has 0 atom stereocenters. The molecule has 0 amide bonds. The molecular weight excluding hydrogens is 663 g/mol. The summed E-state index contributed by atoms with van der Waals surface area (Å²) < 4.78 is 9.17. The Morgan fingerprint density at radius 2 is 1.02 bits per heavy atom. The van der Waals surface area contributed by atoms with Gasteiger partial charge in [0.15, 0.2) is 0 Å². The lowest BCUT2D eigenvalue weighted by Gasteiger charge is -2.26. The molecule has 248 valence electrons. The minimum absolute atomic E-state index is 0.876. The number of benzene rings is 9. The summed E-state index contributed by atoms with van der Waals surface area (Å²) in [5.41, 5.74) is 9.91. The molecule has 0 radical (unpaired) electrons. The number of thiophene rings is 1. The third-order valence-corrected chi connectivity index (χ3v) is 11.8. The van der Waals surface area contributed by atoms with Crippen molar-refractivity contribution in [2.24, 2.45) is 0 Å². The average molecular weight is 694 g/mol. The zero-order chi connectivity index (χ0) is 34.9. The van der Waals surface area contributed by atoms with Crippen LogP contribution in [0.1, 0.15) is 0 Å². The largest absolute Gasteiger partial charge is 0.456 e. The maximum atomic E-state index is 6.58. The van der Waals surface area contributed by atoms with E-state index in [2.05, 4.69) is 193 Å². The van der Waals surface area contributed by atoms with Crippen LogP contribution in [-0.2, 0) is 0 Å². The van der Waals surface area contributed by atoms with Crippen LogP contribution in [0.15, 0.2) is 192 Å². The van der Waals surface area contributed by atoms with Crippen LogP contribution < -0.4 is 4.90 Å². The topological polar surface area (TPSA) is 16.4 Å². The van der Waals surface area contributed by atoms with E-state index in [0.717, 1.165) is 39.0 Å². The Morgan fingerprint density at radius 1 is 0.377 bits per heavy atom. The SMILES string of the molecule is c1ccc(-c2cccc3cccc(-c4ccc(N(c5ccc6sc7ccccc7c6c5)c5cccc6oc7cc8ccccc8cc7c56)cc4)c23)cc1. The molecule has 0 saturated heterocycles. The third kappa shape index (κ3) is 4.86. The van der Waals surface area contributed by atoms with E-state index in [1.54, 1.807) is 0 Å². The number of furan rings is 1. The molecule has 2 aromatic heterocycles. The molecule has 0 unspecified atom stereocenters. The molecule has 11 aromatic rings. The molecule has 0 fully saturated rings. The van der Waals surface area contributed by atoms with E-state index in [4.69, 9.17) is 4.42 Å². The Balaban J connectivity index is 1.13. The van der Waals surface area contributed by atoms with E-state index in [-0.39, 0.29) is 0 Å². The first kappa shape index (κ1) is 30.0. The predicted molar refractivity (Wildman–Crippen MR) is 227 cm³/mol. The summed E-state index contributed by atoms with van der Waals surface area (Å²) in [6.07, 6.45) is 0. The molecule has 0 aliphatic rings. The second-order valence-corrected chi connectivity index (χ2v) is 14.8. The van der Waals surface area contributed by atoms with Gasteiger partial charge in [-0.2, -0.15) is 0 Å². The predicted octanol–water partition coefficient (Wildman–Crippen LogP) is 15.1. The Labute approximate surface area is 310 Å². The van der Waals surface area contributed by atoms with E-state index >= 15 is 0 Å². The van der Waals surface area contributed by atoms with Crippen molar-refractivity contribution in [2.45, 2.75) is 0 Å². The standard InChI is InChI=1S/C50H31NOS/c1-2-11-32(12-3-1)39-18-8-15-34-16-9-19-40(49(34)39)33-23-25-37(26-24-33)51(38-27-28-48-42(31-38)41-17-6-7-22-47(41)53-48)44-20-10-21-45-50(44)43-29-35-13-4-5-14-36(35)30-46(43)52-45/h1-31H. The van der Waals surface area contributed by atoms with Gasteiger partial charge in [0.25, 0.3) is 0 Å². The molecule has 2 nitrogen and oxygen atoms in total. The monoisotopic (exact) mass is 693 g/mol. The molecule has 11 rings (SSSR count). The third-order valence-electron chi connectivity index (χ3n) is 10.6. The van der Waals surface area contributed by atoms with Crippen LogP contribution in [0.2, 0.25) is 0 Å². The Bertz CT molecular complexity index is 3170. The second-order valence-electron chi connectivity index (χ2n) is 13.7. The van der Waals surface area contributed by atoms with Crippen LogP contribution in [0, 0.1) is 0 Å². The van der Waals surface area contributed by atoms with Crippen molar-refractivity contribution < 1.29 is 4.42 Å². The first-order valence-electron chi connectivity index (χ1n) is 18.0. The fraction of sp³-hybridized carbons (Fsp3) is 0. The van der Waals surface area contributed by atoms with Gasteiger partial charge < -0.3 is 9.32 Å². The molecule has 0 spiro atoms. The van der Waals surface area contributed by atoms with E-state index in [1.165, 1.54) is 64.0 Å². The summed E-state index contributed by atoms with van der Waals surface area (Å²) in [5, 5.41) is 9.64. The number of rotatable bonds is 5. The number of hydrogen-bond acceptors (Lipinski definition) is 3. The summed E-state index contributed by atoms with van der Waals surface area (Å²) in [4.78, 5) is 2.40. The van der Waals surface area contributed by atoms with Crippen molar-refractivity contribution in [3.05, 3.63) is 188 Å². The maximum Gasteiger partial charge on any atom is 0.137 e. The van der Waals surface area contributed by atoms with Crippen LogP contribution in [0.5, 0.6) is 0 Å². The molecule has 3 heteroatoms. The van der Waals surface area contributed by atoms with Gasteiger partial charge in [-0.15, -0.1) is 11.3 Å². The molecule has 0 N–H and O–H groups in total. The number of nitrogens with zero attached hydrogens (tertiary/aromatic N) is 1. The van der Waals surface area contributed by atoms with E-state index in [1.807, 2.05) is 11.3 Å². The fourth-order valence-electron chi connectivity index (χ4n) is 8.19. The lowest BCUT2D eigenvalue weighted by molar-refractivity contribution is 0.669. The lowest BCUT2D eigenvalue weighted by Crippen LogP contribution is -2.10. The second kappa shape index (κ2) is 11.9. The highest BCUT2D eigenvalue weighted by Crippen LogP contribution is 2.46. The van der Waals surface area contributed by atoms with Gasteiger partial charge in [-0.25, -0.2) is 0 Å². The van der Waals surface area contributed by atoms with Gasteiger partial charge in [0.1, 0.15) is 11.2 Å². The first-order valence-corrected chi connectivity index (χ1v) is 18.8. The molecule has 0 aliphatic carbocycles. The van der Waals surface area contributed by atoms with E-state index < -0.39 is 0 Å². The van der Waals surface area contributed by atoms with Crippen molar-refractivity contribution >= 4 is 92.1 Å². The summed E-state index contributed by atoms with van der Waals surface area (Å²) in [5.74, 6) is 0. The summed E-state index contributed by atoms with van der Waals surface area (Å²) >= 11 is 1.85. The highest BCUT2D eigenvalue weighted by molar-refractivity contribution is 7.25. The van der Waals surface area contributed by atoms with Crippen molar-refractivity contribution in [1.82, 2.24) is 0 Å². The first-order chi connectivity index (χ1) is 26.3. The lowest BCUT2D eigenvalue weighted by atomic mass is 9.91. The highest BCUT2D eigenvalue weighted by Gasteiger charge is 2.21. The van der Waals surface area contributed by atoms with Gasteiger partial charge in [0, 0.05) is 36.9 Å². The molecule has 9 aromatic carbocycles. The zero-order valence-corrected chi connectivity index (χ0v) is 29.5. The van der Waals surface area contributed by atoms with Crippen LogP contribution in [0.4, 0.5) is 17.1 Å². The molecule has 0 bridgehead atoms. The highest BCUT2D eigenvalue weighted by atomic mass is 32.1. The van der Waals surface area contributed by atoms with Crippen molar-refractivity contribution in [3.8, 4) is 22.3 Å². The summed E-state index contributed by atoms with van der Waals surface area (Å²) in [6, 6.07) is 68.0. The van der Waals surface area contributed by atoms with Crippen LogP contribution in [0.3, 0.4) is 0 Å². The van der Waals surface area contributed by atoms with Crippen molar-refractivity contribution in [2.75, 3.05) is 4.90 Å². The minimum atomic E-state index is 0.876. The van der Waals surface area contributed by atoms with E-state index in [0.29, 0.717) is 0 Å².